The summed E-state index contributed by atoms with van der Waals surface area (Å²) >= 11 is 9.58. The molecule has 1 fully saturated rings. The lowest BCUT2D eigenvalue weighted by atomic mass is 10.1. The molecule has 0 saturated heterocycles. The maximum absolute atomic E-state index is 11.9. The van der Waals surface area contributed by atoms with Gasteiger partial charge in [0.2, 0.25) is 0 Å². The lowest BCUT2D eigenvalue weighted by Gasteiger charge is -2.11. The van der Waals surface area contributed by atoms with Crippen LogP contribution < -0.4 is 5.32 Å². The van der Waals surface area contributed by atoms with Crippen molar-refractivity contribution in [2.24, 2.45) is 5.92 Å². The second kappa shape index (κ2) is 5.87. The Hall–Kier alpha value is -0.540. The highest BCUT2D eigenvalue weighted by atomic mass is 79.9. The van der Waals surface area contributed by atoms with E-state index in [2.05, 4.69) is 21.2 Å². The molecule has 0 spiro atoms. The molecule has 0 radical (unpaired) electrons. The van der Waals surface area contributed by atoms with Gasteiger partial charge in [0.15, 0.2) is 0 Å². The van der Waals surface area contributed by atoms with Crippen molar-refractivity contribution in [2.75, 3.05) is 6.54 Å². The fourth-order valence-electron chi connectivity index (χ4n) is 2.18. The number of benzene rings is 1. The van der Waals surface area contributed by atoms with Gasteiger partial charge in [0.05, 0.1) is 10.6 Å². The Kier molecular flexibility index (Phi) is 4.46. The Bertz CT molecular complexity index is 410. The number of carbonyl (C=O) groups is 1. The molecule has 2 nitrogen and oxygen atoms in total. The molecule has 2 atom stereocenters. The van der Waals surface area contributed by atoms with E-state index in [-0.39, 0.29) is 5.91 Å². The summed E-state index contributed by atoms with van der Waals surface area (Å²) in [7, 11) is 0. The Morgan fingerprint density at radius 3 is 2.82 bits per heavy atom. The van der Waals surface area contributed by atoms with Crippen LogP contribution in [0, 0.1) is 5.92 Å². The molecule has 2 unspecified atom stereocenters. The lowest BCUT2D eigenvalue weighted by molar-refractivity contribution is 0.0947. The average Bonchev–Trinajstić information content (AvgIpc) is 2.73. The Morgan fingerprint density at radius 2 is 2.18 bits per heavy atom. The molecule has 92 valence electrons. The lowest BCUT2D eigenvalue weighted by Crippen LogP contribution is -2.28. The van der Waals surface area contributed by atoms with E-state index in [1.165, 1.54) is 12.8 Å². The highest BCUT2D eigenvalue weighted by Gasteiger charge is 2.23. The summed E-state index contributed by atoms with van der Waals surface area (Å²) in [4.78, 5) is 12.5. The van der Waals surface area contributed by atoms with Crippen LogP contribution in [0.15, 0.2) is 24.3 Å². The summed E-state index contributed by atoms with van der Waals surface area (Å²) in [6.45, 7) is 0.742. The molecular formula is C13H15BrClNO. The van der Waals surface area contributed by atoms with Crippen molar-refractivity contribution in [2.45, 2.75) is 24.1 Å². The van der Waals surface area contributed by atoms with Crippen LogP contribution in [0.4, 0.5) is 0 Å². The maximum Gasteiger partial charge on any atom is 0.252 e. The predicted octanol–water partition coefficient (Wildman–Crippen LogP) is 3.63. The van der Waals surface area contributed by atoms with Gasteiger partial charge in [-0.05, 0) is 37.3 Å². The zero-order chi connectivity index (χ0) is 12.3. The van der Waals surface area contributed by atoms with Gasteiger partial charge in [-0.3, -0.25) is 4.79 Å². The molecule has 1 saturated carbocycles. The van der Waals surface area contributed by atoms with Crippen LogP contribution >= 0.6 is 27.5 Å². The first kappa shape index (κ1) is 12.9. The van der Waals surface area contributed by atoms with Crippen molar-refractivity contribution in [1.29, 1.82) is 0 Å². The van der Waals surface area contributed by atoms with Gasteiger partial charge in [-0.25, -0.2) is 0 Å². The molecule has 0 aliphatic heterocycles. The average molecular weight is 317 g/mol. The third-order valence-corrected chi connectivity index (χ3v) is 4.31. The highest BCUT2D eigenvalue weighted by molar-refractivity contribution is 9.09. The number of alkyl halides is 1. The molecule has 1 aromatic rings. The van der Waals surface area contributed by atoms with Gasteiger partial charge in [0, 0.05) is 11.4 Å². The van der Waals surface area contributed by atoms with Crippen molar-refractivity contribution >= 4 is 33.4 Å². The summed E-state index contributed by atoms with van der Waals surface area (Å²) in [5.41, 5.74) is 0.558. The van der Waals surface area contributed by atoms with Crippen LogP contribution in [-0.4, -0.2) is 17.3 Å². The number of nitrogens with one attached hydrogen (secondary N) is 1. The first-order valence-electron chi connectivity index (χ1n) is 5.83. The summed E-state index contributed by atoms with van der Waals surface area (Å²) in [6.07, 6.45) is 3.52. The molecule has 4 heteroatoms. The minimum absolute atomic E-state index is 0.0753. The van der Waals surface area contributed by atoms with Crippen molar-refractivity contribution in [3.8, 4) is 0 Å². The molecule has 1 aromatic carbocycles. The number of amides is 1. The van der Waals surface area contributed by atoms with Crippen LogP contribution in [-0.2, 0) is 0 Å². The van der Waals surface area contributed by atoms with E-state index in [4.69, 9.17) is 11.6 Å². The van der Waals surface area contributed by atoms with E-state index in [9.17, 15) is 4.79 Å². The Labute approximate surface area is 115 Å². The van der Waals surface area contributed by atoms with Crippen LogP contribution in [0.1, 0.15) is 29.6 Å². The minimum Gasteiger partial charge on any atom is -0.352 e. The fourth-order valence-corrected chi connectivity index (χ4v) is 3.19. The van der Waals surface area contributed by atoms with Crippen molar-refractivity contribution in [1.82, 2.24) is 5.32 Å². The second-order valence-corrected chi connectivity index (χ2v) is 6.17. The molecule has 0 heterocycles. The van der Waals surface area contributed by atoms with E-state index >= 15 is 0 Å². The molecule has 17 heavy (non-hydrogen) atoms. The summed E-state index contributed by atoms with van der Waals surface area (Å²) in [5.74, 6) is 0.513. The van der Waals surface area contributed by atoms with Crippen molar-refractivity contribution < 1.29 is 4.79 Å². The third-order valence-electron chi connectivity index (χ3n) is 3.15. The SMILES string of the molecule is O=C(NCC1CCC(Br)C1)c1ccccc1Cl. The predicted molar refractivity (Wildman–Crippen MR) is 73.8 cm³/mol. The summed E-state index contributed by atoms with van der Waals surface area (Å²) < 4.78 is 0. The number of carbonyl (C=O) groups excluding carboxylic acids is 1. The maximum atomic E-state index is 11.9. The molecule has 1 aliphatic carbocycles. The zero-order valence-electron chi connectivity index (χ0n) is 9.46. The first-order valence-corrected chi connectivity index (χ1v) is 7.13. The van der Waals surface area contributed by atoms with E-state index in [1.54, 1.807) is 12.1 Å². The monoisotopic (exact) mass is 315 g/mol. The topological polar surface area (TPSA) is 29.1 Å². The van der Waals surface area contributed by atoms with Gasteiger partial charge in [-0.1, -0.05) is 39.7 Å². The number of rotatable bonds is 3. The highest BCUT2D eigenvalue weighted by Crippen LogP contribution is 2.30. The number of hydrogen-bond acceptors (Lipinski definition) is 1. The quantitative estimate of drug-likeness (QED) is 0.848. The van der Waals surface area contributed by atoms with Gasteiger partial charge < -0.3 is 5.32 Å². The van der Waals surface area contributed by atoms with Gasteiger partial charge in [0.1, 0.15) is 0 Å². The van der Waals surface area contributed by atoms with Crippen LogP contribution in [0.5, 0.6) is 0 Å². The van der Waals surface area contributed by atoms with E-state index < -0.39 is 0 Å². The van der Waals surface area contributed by atoms with E-state index in [0.717, 1.165) is 13.0 Å². The molecule has 0 aromatic heterocycles. The number of hydrogen-bond donors (Lipinski definition) is 1. The van der Waals surface area contributed by atoms with Crippen LogP contribution in [0.3, 0.4) is 0 Å². The fraction of sp³-hybridized carbons (Fsp3) is 0.462. The van der Waals surface area contributed by atoms with Gasteiger partial charge >= 0.3 is 0 Å². The van der Waals surface area contributed by atoms with Gasteiger partial charge in [-0.15, -0.1) is 0 Å². The molecule has 1 aliphatic rings. The van der Waals surface area contributed by atoms with Crippen molar-refractivity contribution in [3.63, 3.8) is 0 Å². The third kappa shape index (κ3) is 3.46. The molecule has 1 amide bonds. The zero-order valence-corrected chi connectivity index (χ0v) is 11.8. The van der Waals surface area contributed by atoms with E-state index in [1.807, 2.05) is 12.1 Å². The van der Waals surface area contributed by atoms with Gasteiger partial charge in [0.25, 0.3) is 5.91 Å². The van der Waals surface area contributed by atoms with Crippen LogP contribution in [0.25, 0.3) is 0 Å². The molecule has 0 bridgehead atoms. The number of halogens is 2. The summed E-state index contributed by atoms with van der Waals surface area (Å²) in [5, 5.41) is 3.47. The Balaban J connectivity index is 1.88. The molecule has 1 N–H and O–H groups in total. The largest absolute Gasteiger partial charge is 0.352 e. The second-order valence-electron chi connectivity index (χ2n) is 4.47. The van der Waals surface area contributed by atoms with E-state index in [0.29, 0.717) is 21.3 Å². The Morgan fingerprint density at radius 1 is 1.41 bits per heavy atom. The molecular weight excluding hydrogens is 302 g/mol. The van der Waals surface area contributed by atoms with Crippen molar-refractivity contribution in [3.05, 3.63) is 34.9 Å². The van der Waals surface area contributed by atoms with Gasteiger partial charge in [-0.2, -0.15) is 0 Å². The molecule has 2 rings (SSSR count). The first-order chi connectivity index (χ1) is 8.16. The summed E-state index contributed by atoms with van der Waals surface area (Å²) in [6, 6.07) is 7.14. The van der Waals surface area contributed by atoms with Crippen LogP contribution in [0.2, 0.25) is 5.02 Å². The normalized spacial score (nSPS) is 23.6. The minimum atomic E-state index is -0.0753. The standard InChI is InChI=1S/C13H15BrClNO/c14-10-6-5-9(7-10)8-16-13(17)11-3-1-2-4-12(11)15/h1-4,9-10H,5-8H2,(H,16,17). The smallest absolute Gasteiger partial charge is 0.252 e.